The van der Waals surface area contributed by atoms with E-state index in [1.165, 1.54) is 75.2 Å². The van der Waals surface area contributed by atoms with Crippen LogP contribution in [0.4, 0.5) is 0 Å². The highest BCUT2D eigenvalue weighted by Crippen LogP contribution is 2.53. The average molecular weight is 493 g/mol. The molecule has 4 aromatic carbocycles. The van der Waals surface area contributed by atoms with Gasteiger partial charge in [-0.15, -0.1) is 0 Å². The molecule has 0 aliphatic carbocycles. The van der Waals surface area contributed by atoms with E-state index >= 15 is 0 Å². The lowest BCUT2D eigenvalue weighted by molar-refractivity contribution is -0.659. The number of hydrogen-bond acceptors (Lipinski definition) is 1. The van der Waals surface area contributed by atoms with Crippen molar-refractivity contribution in [1.82, 2.24) is 0 Å². The van der Waals surface area contributed by atoms with E-state index in [0.717, 1.165) is 0 Å². The van der Waals surface area contributed by atoms with Gasteiger partial charge in [-0.2, -0.15) is 0 Å². The molecule has 1 aromatic heterocycles. The molecule has 176 valence electrons. The second kappa shape index (κ2) is 7.69. The molecule has 0 unspecified atom stereocenters. The summed E-state index contributed by atoms with van der Waals surface area (Å²) in [5.41, 5.74) is 7.01. The zero-order valence-corrected chi connectivity index (χ0v) is 23.9. The van der Waals surface area contributed by atoms with Crippen LogP contribution in [-0.2, 0) is 7.05 Å². The van der Waals surface area contributed by atoms with Gasteiger partial charge in [-0.05, 0) is 58.5 Å². The van der Waals surface area contributed by atoms with Crippen molar-refractivity contribution in [2.75, 3.05) is 0 Å². The summed E-state index contributed by atoms with van der Waals surface area (Å²) in [6.07, 6.45) is 2.27. The van der Waals surface area contributed by atoms with Gasteiger partial charge in [0.1, 0.15) is 7.05 Å². The molecule has 1 aliphatic rings. The summed E-state index contributed by atoms with van der Waals surface area (Å²) in [7, 11) is 0.827. The maximum absolute atomic E-state index is 2.47. The van der Waals surface area contributed by atoms with Crippen LogP contribution >= 0.6 is 11.8 Å². The molecule has 0 amide bonds. The van der Waals surface area contributed by atoms with E-state index in [0.29, 0.717) is 5.92 Å². The Hall–Kier alpha value is -2.62. The Kier molecular flexibility index (Phi) is 5.01. The monoisotopic (exact) mass is 492 g/mol. The van der Waals surface area contributed by atoms with Gasteiger partial charge in [0.25, 0.3) is 0 Å². The van der Waals surface area contributed by atoms with E-state index in [-0.39, 0.29) is 0 Å². The molecule has 5 aromatic rings. The number of hydrogen-bond donors (Lipinski definition) is 0. The van der Waals surface area contributed by atoms with Gasteiger partial charge in [-0.25, -0.2) is 4.57 Å². The van der Waals surface area contributed by atoms with E-state index in [4.69, 9.17) is 0 Å². The van der Waals surface area contributed by atoms with Gasteiger partial charge < -0.3 is 0 Å². The van der Waals surface area contributed by atoms with Crippen LogP contribution in [0.3, 0.4) is 0 Å². The number of aromatic nitrogens is 1. The Morgan fingerprint density at radius 1 is 0.829 bits per heavy atom. The zero-order chi connectivity index (χ0) is 24.8. The summed E-state index contributed by atoms with van der Waals surface area (Å²) in [4.78, 5) is 2.84. The van der Waals surface area contributed by atoms with Crippen molar-refractivity contribution in [2.24, 2.45) is 7.05 Å². The van der Waals surface area contributed by atoms with Crippen molar-refractivity contribution in [3.05, 3.63) is 71.4 Å². The number of nitrogens with zero attached hydrogens (tertiary/aromatic N) is 1. The Balaban J connectivity index is 1.79. The number of aryl methyl sites for hydroxylation is 3. The molecule has 3 heteroatoms. The first-order valence-electron chi connectivity index (χ1n) is 12.7. The molecule has 0 radical (unpaired) electrons. The van der Waals surface area contributed by atoms with Gasteiger partial charge in [-0.3, -0.25) is 0 Å². The predicted molar refractivity (Wildman–Crippen MR) is 156 cm³/mol. The molecule has 35 heavy (non-hydrogen) atoms. The summed E-state index contributed by atoms with van der Waals surface area (Å²) >= 11 is 2.00. The predicted octanol–water partition coefficient (Wildman–Crippen LogP) is 8.39. The quantitative estimate of drug-likeness (QED) is 0.133. The lowest BCUT2D eigenvalue weighted by Crippen LogP contribution is -2.37. The van der Waals surface area contributed by atoms with Crippen LogP contribution in [0.25, 0.3) is 43.6 Å². The number of rotatable bonds is 2. The minimum Gasteiger partial charge on any atom is -0.200 e. The zero-order valence-electron chi connectivity index (χ0n) is 22.1. The van der Waals surface area contributed by atoms with Crippen molar-refractivity contribution in [3.8, 4) is 11.3 Å². The third kappa shape index (κ3) is 3.32. The lowest BCUT2D eigenvalue weighted by atomic mass is 9.86. The Bertz CT molecular complexity index is 1710. The molecule has 0 fully saturated rings. The maximum atomic E-state index is 2.47. The third-order valence-corrected chi connectivity index (χ3v) is 11.0. The summed E-state index contributed by atoms with van der Waals surface area (Å²) in [6, 6.07) is 19.0. The largest absolute Gasteiger partial charge is 0.222 e. The number of pyridine rings is 1. The second-order valence-electron chi connectivity index (χ2n) is 11.7. The number of fused-ring (bicyclic) bond motifs is 5. The van der Waals surface area contributed by atoms with Gasteiger partial charge in [0, 0.05) is 21.2 Å². The highest BCUT2D eigenvalue weighted by atomic mass is 32.2. The molecule has 2 heterocycles. The van der Waals surface area contributed by atoms with E-state index in [9.17, 15) is 0 Å². The standard InChI is InChI=1S/C32H34NSSi/c1-18(2)28-24-11-9-19(3)15-26(24)20(4)29-31-30-25(13-14-33(31)5)23-12-10-22(35(6,7)8)16-21(23)17-27(30)34-32(28)29/h9-18H,1-8H3/q+1. The van der Waals surface area contributed by atoms with Crippen molar-refractivity contribution < 1.29 is 4.57 Å². The first-order valence-corrected chi connectivity index (χ1v) is 17.0. The van der Waals surface area contributed by atoms with E-state index in [1.807, 2.05) is 11.8 Å². The van der Waals surface area contributed by atoms with Gasteiger partial charge in [0.05, 0.1) is 19.0 Å². The first-order chi connectivity index (χ1) is 16.6. The molecule has 0 bridgehead atoms. The van der Waals surface area contributed by atoms with Crippen molar-refractivity contribution in [1.29, 1.82) is 0 Å². The van der Waals surface area contributed by atoms with E-state index in [2.05, 4.69) is 114 Å². The van der Waals surface area contributed by atoms with Gasteiger partial charge in [0.2, 0.25) is 5.69 Å². The highest BCUT2D eigenvalue weighted by molar-refractivity contribution is 8.00. The Labute approximate surface area is 214 Å². The average Bonchev–Trinajstić information content (AvgIpc) is 2.79. The van der Waals surface area contributed by atoms with Crippen molar-refractivity contribution >= 4 is 57.3 Å². The van der Waals surface area contributed by atoms with Crippen molar-refractivity contribution in [2.45, 2.75) is 63.0 Å². The fourth-order valence-electron chi connectivity index (χ4n) is 5.95. The van der Waals surface area contributed by atoms with Crippen LogP contribution < -0.4 is 9.75 Å². The summed E-state index contributed by atoms with van der Waals surface area (Å²) in [6.45, 7) is 16.5. The minimum absolute atomic E-state index is 0.451. The Morgan fingerprint density at radius 2 is 1.57 bits per heavy atom. The van der Waals surface area contributed by atoms with Gasteiger partial charge in [-0.1, -0.05) is 92.4 Å². The summed E-state index contributed by atoms with van der Waals surface area (Å²) in [5, 5.41) is 9.87. The molecular formula is C32H34NSSi+. The van der Waals surface area contributed by atoms with Crippen LogP contribution in [0.1, 0.15) is 36.5 Å². The van der Waals surface area contributed by atoms with E-state index < -0.39 is 8.07 Å². The van der Waals surface area contributed by atoms with Gasteiger partial charge >= 0.3 is 0 Å². The van der Waals surface area contributed by atoms with Gasteiger partial charge in [0.15, 0.2) is 6.20 Å². The molecule has 6 rings (SSSR count). The molecule has 0 saturated carbocycles. The summed E-state index contributed by atoms with van der Waals surface area (Å²) < 4.78 is 2.35. The maximum Gasteiger partial charge on any atom is 0.222 e. The summed E-state index contributed by atoms with van der Waals surface area (Å²) in [5.74, 6) is 0.451. The molecular weight excluding hydrogens is 459 g/mol. The SMILES string of the molecule is Cc1ccc2c(C(C)C)c3c(c(C)c2c1)-c1c2c(cc4cc([Si](C)(C)C)ccc4c2cc[n+]1C)S3. The molecule has 0 atom stereocenters. The smallest absolute Gasteiger partial charge is 0.200 e. The number of benzene rings is 4. The fourth-order valence-corrected chi connectivity index (χ4v) is 8.64. The topological polar surface area (TPSA) is 3.88 Å². The molecule has 1 aliphatic heterocycles. The highest BCUT2D eigenvalue weighted by Gasteiger charge is 2.33. The first kappa shape index (κ1) is 22.8. The second-order valence-corrected chi connectivity index (χ2v) is 17.8. The fraction of sp³-hybridized carbons (Fsp3) is 0.281. The third-order valence-electron chi connectivity index (χ3n) is 7.81. The lowest BCUT2D eigenvalue weighted by Gasteiger charge is -2.27. The van der Waals surface area contributed by atoms with E-state index in [1.54, 1.807) is 0 Å². The molecule has 0 N–H and O–H groups in total. The molecule has 0 spiro atoms. The van der Waals surface area contributed by atoms with Crippen molar-refractivity contribution in [3.63, 3.8) is 0 Å². The van der Waals surface area contributed by atoms with Crippen LogP contribution in [-0.4, -0.2) is 8.07 Å². The minimum atomic E-state index is -1.39. The van der Waals surface area contributed by atoms with Crippen LogP contribution in [0.2, 0.25) is 19.6 Å². The Morgan fingerprint density at radius 3 is 2.29 bits per heavy atom. The molecule has 1 nitrogen and oxygen atoms in total. The van der Waals surface area contributed by atoms with Crippen LogP contribution in [0.5, 0.6) is 0 Å². The normalized spacial score (nSPS) is 13.3. The molecule has 0 saturated heterocycles. The van der Waals surface area contributed by atoms with Crippen LogP contribution in [0, 0.1) is 13.8 Å². The van der Waals surface area contributed by atoms with Crippen LogP contribution in [0.15, 0.2) is 64.5 Å².